The molecule has 8 heteroatoms. The maximum atomic E-state index is 12.2. The van der Waals surface area contributed by atoms with Crippen molar-refractivity contribution in [3.63, 3.8) is 0 Å². The molecule has 0 spiro atoms. The van der Waals surface area contributed by atoms with Gasteiger partial charge in [-0.3, -0.25) is 10.2 Å². The number of hydrogen-bond acceptors (Lipinski definition) is 5. The maximum absolute atomic E-state index is 12.2. The van der Waals surface area contributed by atoms with Crippen LogP contribution in [0.3, 0.4) is 0 Å². The molecule has 0 aliphatic carbocycles. The number of benzene rings is 1. The average Bonchev–Trinajstić information content (AvgIpc) is 3.18. The first-order valence-corrected chi connectivity index (χ1v) is 8.54. The molecule has 1 aromatic heterocycles. The molecule has 2 aromatic rings. The van der Waals surface area contributed by atoms with Gasteiger partial charge in [0.15, 0.2) is 5.84 Å². The molecule has 0 atom stereocenters. The van der Waals surface area contributed by atoms with Crippen LogP contribution in [0.5, 0.6) is 0 Å². The highest BCUT2D eigenvalue weighted by Gasteiger charge is 2.34. The molecule has 4 rings (SSSR count). The minimum Gasteiger partial charge on any atom is -0.457 e. The molecule has 1 N–H and O–H groups in total. The van der Waals surface area contributed by atoms with E-state index >= 15 is 0 Å². The Labute approximate surface area is 152 Å². The van der Waals surface area contributed by atoms with Gasteiger partial charge in [0, 0.05) is 5.56 Å². The Hall–Kier alpha value is -2.64. The van der Waals surface area contributed by atoms with Crippen molar-refractivity contribution < 1.29 is 9.21 Å². The lowest BCUT2D eigenvalue weighted by molar-refractivity contribution is -0.114. The zero-order valence-corrected chi connectivity index (χ0v) is 14.6. The van der Waals surface area contributed by atoms with Gasteiger partial charge in [0.1, 0.15) is 11.5 Å². The summed E-state index contributed by atoms with van der Waals surface area (Å²) in [7, 11) is 0. The number of rotatable bonds is 2. The van der Waals surface area contributed by atoms with Gasteiger partial charge in [-0.15, -0.1) is 0 Å². The Balaban J connectivity index is 1.69. The zero-order chi connectivity index (χ0) is 17.6. The zero-order valence-electron chi connectivity index (χ0n) is 13.0. The van der Waals surface area contributed by atoms with Crippen molar-refractivity contribution in [3.05, 3.63) is 52.8 Å². The molecule has 25 heavy (non-hydrogen) atoms. The Kier molecular flexibility index (Phi) is 3.82. The lowest BCUT2D eigenvalue weighted by Crippen LogP contribution is -2.35. The van der Waals surface area contributed by atoms with Gasteiger partial charge in [0.2, 0.25) is 5.17 Å². The molecule has 0 bridgehead atoms. The van der Waals surface area contributed by atoms with Gasteiger partial charge >= 0.3 is 0 Å². The van der Waals surface area contributed by atoms with Gasteiger partial charge in [0.05, 0.1) is 15.6 Å². The molecule has 1 aromatic carbocycles. The number of hydrazone groups is 1. The van der Waals surface area contributed by atoms with Crippen LogP contribution in [0.2, 0.25) is 5.02 Å². The highest BCUT2D eigenvalue weighted by Crippen LogP contribution is 2.31. The van der Waals surface area contributed by atoms with Crippen molar-refractivity contribution in [1.82, 2.24) is 5.01 Å². The first-order chi connectivity index (χ1) is 12.0. The van der Waals surface area contributed by atoms with Crippen LogP contribution in [0.15, 0.2) is 56.5 Å². The van der Waals surface area contributed by atoms with Crippen LogP contribution in [0, 0.1) is 5.41 Å². The number of amides is 1. The number of hydrogen-bond donors (Lipinski definition) is 1. The van der Waals surface area contributed by atoms with Crippen LogP contribution in [0.25, 0.3) is 17.4 Å². The van der Waals surface area contributed by atoms with Crippen molar-refractivity contribution in [2.45, 2.75) is 6.92 Å². The van der Waals surface area contributed by atoms with E-state index in [2.05, 4.69) is 10.1 Å². The molecule has 0 unspecified atom stereocenters. The van der Waals surface area contributed by atoms with E-state index in [9.17, 15) is 4.79 Å². The van der Waals surface area contributed by atoms with Crippen LogP contribution in [0.1, 0.15) is 12.7 Å². The third-order valence-electron chi connectivity index (χ3n) is 3.61. The van der Waals surface area contributed by atoms with Gasteiger partial charge in [-0.1, -0.05) is 23.7 Å². The van der Waals surface area contributed by atoms with Crippen molar-refractivity contribution >= 4 is 51.4 Å². The first-order valence-electron chi connectivity index (χ1n) is 7.34. The highest BCUT2D eigenvalue weighted by molar-refractivity contribution is 8.26. The molecular weight excluding hydrogens is 360 g/mol. The summed E-state index contributed by atoms with van der Waals surface area (Å²) in [6, 6.07) is 10.8. The maximum Gasteiger partial charge on any atom is 0.283 e. The average molecular weight is 371 g/mol. The van der Waals surface area contributed by atoms with E-state index in [0.717, 1.165) is 10.6 Å². The second-order valence-electron chi connectivity index (χ2n) is 5.32. The normalized spacial score (nSPS) is 18.5. The van der Waals surface area contributed by atoms with Gasteiger partial charge in [-0.25, -0.2) is 0 Å². The topological polar surface area (TPSA) is 82.0 Å². The molecule has 3 heterocycles. The Morgan fingerprint density at radius 2 is 2.08 bits per heavy atom. The summed E-state index contributed by atoms with van der Waals surface area (Å²) in [6.07, 6.45) is 1.50. The van der Waals surface area contributed by atoms with E-state index < -0.39 is 5.91 Å². The molecule has 124 valence electrons. The highest BCUT2D eigenvalue weighted by atomic mass is 35.5. The minimum absolute atomic E-state index is 0.0185. The number of carbonyl (C=O) groups is 1. The lowest BCUT2D eigenvalue weighted by atomic mass is 10.1. The second kappa shape index (κ2) is 6.02. The van der Waals surface area contributed by atoms with E-state index in [4.69, 9.17) is 21.4 Å². The molecule has 1 amide bonds. The van der Waals surface area contributed by atoms with Crippen molar-refractivity contribution in [2.75, 3.05) is 0 Å². The monoisotopic (exact) mass is 370 g/mol. The number of thioether (sulfide) groups is 1. The summed E-state index contributed by atoms with van der Waals surface area (Å²) < 4.78 is 5.76. The number of aliphatic imine (C=N–C) groups is 1. The van der Waals surface area contributed by atoms with Gasteiger partial charge in [-0.05, 0) is 49.0 Å². The van der Waals surface area contributed by atoms with Crippen LogP contribution < -0.4 is 0 Å². The van der Waals surface area contributed by atoms with Gasteiger partial charge < -0.3 is 4.42 Å². The first kappa shape index (κ1) is 15.9. The summed E-state index contributed by atoms with van der Waals surface area (Å²) in [5.41, 5.74) is 0.887. The molecular formula is C17H11ClN4O2S. The fourth-order valence-corrected chi connectivity index (χ4v) is 3.43. The molecule has 0 fully saturated rings. The number of halogens is 1. The summed E-state index contributed by atoms with van der Waals surface area (Å²) in [4.78, 5) is 16.2. The number of carbonyl (C=O) groups excluding carboxylic acids is 1. The fraction of sp³-hybridized carbons (Fsp3) is 0.0588. The Morgan fingerprint density at radius 1 is 1.28 bits per heavy atom. The number of nitrogens with one attached hydrogen (secondary N) is 1. The van der Waals surface area contributed by atoms with E-state index in [0.29, 0.717) is 21.7 Å². The van der Waals surface area contributed by atoms with Crippen molar-refractivity contribution in [2.24, 2.45) is 10.1 Å². The molecule has 0 saturated heterocycles. The van der Waals surface area contributed by atoms with Crippen LogP contribution in [0.4, 0.5) is 0 Å². The van der Waals surface area contributed by atoms with Crippen LogP contribution >= 0.6 is 23.4 Å². The molecule has 2 aliphatic heterocycles. The van der Waals surface area contributed by atoms with Crippen molar-refractivity contribution in [3.8, 4) is 11.3 Å². The molecule has 0 saturated carbocycles. The number of fused-ring (bicyclic) bond motifs is 1. The van der Waals surface area contributed by atoms with E-state index in [-0.39, 0.29) is 11.4 Å². The lowest BCUT2D eigenvalue weighted by Gasteiger charge is -2.19. The second-order valence-corrected chi connectivity index (χ2v) is 6.89. The van der Waals surface area contributed by atoms with Gasteiger partial charge in [0.25, 0.3) is 5.91 Å². The summed E-state index contributed by atoms with van der Waals surface area (Å²) in [5.74, 6) is 0.524. The quantitative estimate of drug-likeness (QED) is 0.801. The molecule has 0 radical (unpaired) electrons. The third kappa shape index (κ3) is 2.81. The fourth-order valence-electron chi connectivity index (χ4n) is 2.47. The number of amidine groups is 2. The third-order valence-corrected chi connectivity index (χ3v) is 4.76. The SMILES string of the molecule is CC1=NN2C(=N)/C(=C\c3ccc(-c4ccccc4Cl)o3)C(=O)N=C2S1. The Bertz CT molecular complexity index is 1010. The minimum atomic E-state index is -0.482. The van der Waals surface area contributed by atoms with Gasteiger partial charge in [-0.2, -0.15) is 15.1 Å². The predicted molar refractivity (Wildman–Crippen MR) is 99.8 cm³/mol. The summed E-state index contributed by atoms with van der Waals surface area (Å²) in [6.45, 7) is 1.80. The number of nitrogens with zero attached hydrogens (tertiary/aromatic N) is 3. The Morgan fingerprint density at radius 3 is 2.88 bits per heavy atom. The van der Waals surface area contributed by atoms with E-state index in [1.54, 1.807) is 25.1 Å². The standard InChI is InChI=1S/C17H11ClN4O2S/c1-9-21-22-15(19)12(16(23)20-17(22)25-9)8-10-6-7-14(24-10)11-4-2-3-5-13(11)18/h2-8,19H,1H3/b12-8+,19-15?. The summed E-state index contributed by atoms with van der Waals surface area (Å²) in [5, 5.41) is 15.5. The molecule has 6 nitrogen and oxygen atoms in total. The van der Waals surface area contributed by atoms with Crippen molar-refractivity contribution in [1.29, 1.82) is 5.41 Å². The largest absolute Gasteiger partial charge is 0.457 e. The van der Waals surface area contributed by atoms with E-state index in [1.807, 2.05) is 18.2 Å². The predicted octanol–water partition coefficient (Wildman–Crippen LogP) is 4.24. The summed E-state index contributed by atoms with van der Waals surface area (Å²) >= 11 is 7.44. The van der Waals surface area contributed by atoms with E-state index in [1.165, 1.54) is 22.8 Å². The smallest absolute Gasteiger partial charge is 0.283 e. The van der Waals surface area contributed by atoms with Crippen LogP contribution in [-0.2, 0) is 4.79 Å². The molecule has 2 aliphatic rings. The van der Waals surface area contributed by atoms with Crippen LogP contribution in [-0.4, -0.2) is 27.0 Å². The number of furan rings is 1.